The van der Waals surface area contributed by atoms with E-state index in [1.807, 2.05) is 36.4 Å². The van der Waals surface area contributed by atoms with Crippen molar-refractivity contribution in [1.82, 2.24) is 0 Å². The van der Waals surface area contributed by atoms with Crippen molar-refractivity contribution in [2.24, 2.45) is 4.99 Å². The van der Waals surface area contributed by atoms with Crippen LogP contribution in [0.5, 0.6) is 11.5 Å². The standard InChI is InChI=1S/C24H16Cl2INO4/c1-30-21-11-15(9-19(26)22(21)31-13-14-5-3-2-4-6-14)10-20-24(29)32-23(28-20)17-12-16(27)7-8-18(17)25/h2-12H,13H2,1H3/b20-10-. The molecular weight excluding hydrogens is 564 g/mol. The molecular formula is C24H16Cl2INO4. The van der Waals surface area contributed by atoms with Gasteiger partial charge in [0.05, 0.1) is 22.7 Å². The highest BCUT2D eigenvalue weighted by atomic mass is 127. The average molecular weight is 580 g/mol. The first-order valence-corrected chi connectivity index (χ1v) is 11.3. The maximum absolute atomic E-state index is 12.4. The molecule has 0 saturated heterocycles. The third kappa shape index (κ3) is 5.09. The molecule has 162 valence electrons. The summed E-state index contributed by atoms with van der Waals surface area (Å²) in [4.78, 5) is 16.7. The summed E-state index contributed by atoms with van der Waals surface area (Å²) >= 11 is 14.9. The van der Waals surface area contributed by atoms with Crippen molar-refractivity contribution >= 4 is 63.7 Å². The fourth-order valence-electron chi connectivity index (χ4n) is 3.04. The minimum atomic E-state index is -0.575. The van der Waals surface area contributed by atoms with Crippen LogP contribution in [-0.4, -0.2) is 19.0 Å². The lowest BCUT2D eigenvalue weighted by molar-refractivity contribution is -0.129. The molecule has 1 aliphatic heterocycles. The number of halogens is 3. The predicted octanol–water partition coefficient (Wildman–Crippen LogP) is 6.53. The van der Waals surface area contributed by atoms with E-state index in [9.17, 15) is 4.79 Å². The summed E-state index contributed by atoms with van der Waals surface area (Å²) in [6.07, 6.45) is 1.58. The molecule has 1 aliphatic rings. The Kier molecular flexibility index (Phi) is 7.03. The summed E-state index contributed by atoms with van der Waals surface area (Å²) < 4.78 is 17.6. The summed E-state index contributed by atoms with van der Waals surface area (Å²) in [6, 6.07) is 18.5. The van der Waals surface area contributed by atoms with Crippen molar-refractivity contribution in [3.63, 3.8) is 0 Å². The molecule has 1 heterocycles. The second-order valence-corrected chi connectivity index (χ2v) is 8.83. The van der Waals surface area contributed by atoms with Gasteiger partial charge in [0, 0.05) is 3.57 Å². The van der Waals surface area contributed by atoms with Gasteiger partial charge < -0.3 is 14.2 Å². The minimum Gasteiger partial charge on any atom is -0.493 e. The van der Waals surface area contributed by atoms with Crippen LogP contribution in [0.2, 0.25) is 10.0 Å². The van der Waals surface area contributed by atoms with Crippen LogP contribution in [0.4, 0.5) is 0 Å². The molecule has 5 nitrogen and oxygen atoms in total. The largest absolute Gasteiger partial charge is 0.493 e. The summed E-state index contributed by atoms with van der Waals surface area (Å²) in [5.41, 5.74) is 2.30. The zero-order valence-corrected chi connectivity index (χ0v) is 20.4. The number of cyclic esters (lactones) is 1. The average Bonchev–Trinajstić information content (AvgIpc) is 3.15. The molecule has 8 heteroatoms. The van der Waals surface area contributed by atoms with Gasteiger partial charge in [0.1, 0.15) is 6.61 Å². The van der Waals surface area contributed by atoms with Gasteiger partial charge in [0.15, 0.2) is 17.2 Å². The minimum absolute atomic E-state index is 0.131. The fourth-order valence-corrected chi connectivity index (χ4v) is 4.00. The number of carbonyl (C=O) groups excluding carboxylic acids is 1. The lowest BCUT2D eigenvalue weighted by atomic mass is 10.1. The van der Waals surface area contributed by atoms with Crippen LogP contribution in [0, 0.1) is 3.57 Å². The Labute approximate surface area is 208 Å². The maximum atomic E-state index is 12.4. The van der Waals surface area contributed by atoms with Gasteiger partial charge >= 0.3 is 5.97 Å². The summed E-state index contributed by atoms with van der Waals surface area (Å²) in [6.45, 7) is 0.341. The smallest absolute Gasteiger partial charge is 0.363 e. The van der Waals surface area contributed by atoms with Crippen molar-refractivity contribution in [3.8, 4) is 11.5 Å². The van der Waals surface area contributed by atoms with Gasteiger partial charge in [0.2, 0.25) is 5.90 Å². The first kappa shape index (κ1) is 22.6. The maximum Gasteiger partial charge on any atom is 0.363 e. The zero-order valence-electron chi connectivity index (χ0n) is 16.8. The third-order valence-corrected chi connectivity index (χ3v) is 5.84. The van der Waals surface area contributed by atoms with Gasteiger partial charge in [0.25, 0.3) is 0 Å². The molecule has 4 rings (SSSR count). The normalized spacial score (nSPS) is 14.3. The fraction of sp³-hybridized carbons (Fsp3) is 0.0833. The quantitative estimate of drug-likeness (QED) is 0.189. The number of benzene rings is 3. The topological polar surface area (TPSA) is 57.1 Å². The number of esters is 1. The molecule has 0 radical (unpaired) electrons. The number of hydrogen-bond acceptors (Lipinski definition) is 5. The van der Waals surface area contributed by atoms with Gasteiger partial charge in [-0.3, -0.25) is 0 Å². The number of carbonyl (C=O) groups is 1. The Balaban J connectivity index is 1.62. The second kappa shape index (κ2) is 9.94. The Hall–Kier alpha value is -2.55. The molecule has 0 saturated carbocycles. The monoisotopic (exact) mass is 579 g/mol. The summed E-state index contributed by atoms with van der Waals surface area (Å²) in [5, 5.41) is 0.797. The van der Waals surface area contributed by atoms with Gasteiger partial charge in [-0.2, -0.15) is 0 Å². The van der Waals surface area contributed by atoms with Crippen LogP contribution in [0.25, 0.3) is 6.08 Å². The van der Waals surface area contributed by atoms with Gasteiger partial charge in [-0.1, -0.05) is 53.5 Å². The van der Waals surface area contributed by atoms with Crippen LogP contribution in [-0.2, 0) is 16.1 Å². The molecule has 0 aliphatic carbocycles. The van der Waals surface area contributed by atoms with Crippen LogP contribution < -0.4 is 9.47 Å². The number of ether oxygens (including phenoxy) is 3. The summed E-state index contributed by atoms with van der Waals surface area (Å²) in [5.74, 6) is 0.445. The second-order valence-electron chi connectivity index (χ2n) is 6.77. The molecule has 3 aromatic rings. The first-order chi connectivity index (χ1) is 15.4. The molecule has 0 bridgehead atoms. The van der Waals surface area contributed by atoms with Crippen LogP contribution in [0.3, 0.4) is 0 Å². The third-order valence-electron chi connectivity index (χ3n) is 4.56. The highest BCUT2D eigenvalue weighted by Gasteiger charge is 2.26. The van der Waals surface area contributed by atoms with Crippen molar-refractivity contribution in [2.45, 2.75) is 6.61 Å². The first-order valence-electron chi connectivity index (χ1n) is 9.47. The molecule has 32 heavy (non-hydrogen) atoms. The molecule has 0 amide bonds. The van der Waals surface area contributed by atoms with E-state index in [4.69, 9.17) is 37.4 Å². The van der Waals surface area contributed by atoms with E-state index in [1.54, 1.807) is 30.3 Å². The Morgan fingerprint density at radius 1 is 1.06 bits per heavy atom. The van der Waals surface area contributed by atoms with E-state index >= 15 is 0 Å². The van der Waals surface area contributed by atoms with Crippen LogP contribution in [0.1, 0.15) is 16.7 Å². The van der Waals surface area contributed by atoms with E-state index in [0.29, 0.717) is 39.3 Å². The van der Waals surface area contributed by atoms with Crippen molar-refractivity contribution in [2.75, 3.05) is 7.11 Å². The van der Waals surface area contributed by atoms with Gasteiger partial charge in [-0.25, -0.2) is 9.79 Å². The molecule has 3 aromatic carbocycles. The number of methoxy groups -OCH3 is 1. The lowest BCUT2D eigenvalue weighted by Crippen LogP contribution is -2.06. The highest BCUT2D eigenvalue weighted by molar-refractivity contribution is 14.1. The van der Waals surface area contributed by atoms with Gasteiger partial charge in [-0.05, 0) is 70.1 Å². The van der Waals surface area contributed by atoms with Crippen molar-refractivity contribution in [3.05, 3.63) is 96.7 Å². The molecule has 0 N–H and O–H groups in total. The van der Waals surface area contributed by atoms with Crippen LogP contribution >= 0.6 is 45.8 Å². The van der Waals surface area contributed by atoms with E-state index in [0.717, 1.165) is 9.13 Å². The number of nitrogens with zero attached hydrogens (tertiary/aromatic N) is 1. The Morgan fingerprint density at radius 3 is 2.59 bits per heavy atom. The molecule has 0 fully saturated rings. The molecule has 0 aromatic heterocycles. The SMILES string of the molecule is COc1cc(/C=C2\N=C(c3cc(I)ccc3Cl)OC2=O)cc(Cl)c1OCc1ccccc1. The van der Waals surface area contributed by atoms with Gasteiger partial charge in [-0.15, -0.1) is 0 Å². The number of rotatable bonds is 6. The Bertz CT molecular complexity index is 1240. The molecule has 0 unspecified atom stereocenters. The van der Waals surface area contributed by atoms with Crippen molar-refractivity contribution in [1.29, 1.82) is 0 Å². The lowest BCUT2D eigenvalue weighted by Gasteiger charge is -2.13. The number of aliphatic imine (C=N–C) groups is 1. The Morgan fingerprint density at radius 2 is 1.84 bits per heavy atom. The predicted molar refractivity (Wildman–Crippen MR) is 134 cm³/mol. The van der Waals surface area contributed by atoms with E-state index in [2.05, 4.69) is 27.6 Å². The highest BCUT2D eigenvalue weighted by Crippen LogP contribution is 2.38. The van der Waals surface area contributed by atoms with Crippen molar-refractivity contribution < 1.29 is 19.0 Å². The van der Waals surface area contributed by atoms with E-state index < -0.39 is 5.97 Å². The van der Waals surface area contributed by atoms with E-state index in [1.165, 1.54) is 7.11 Å². The van der Waals surface area contributed by atoms with Crippen LogP contribution in [0.15, 0.2) is 71.4 Å². The summed E-state index contributed by atoms with van der Waals surface area (Å²) in [7, 11) is 1.52. The molecule has 0 spiro atoms. The number of hydrogen-bond donors (Lipinski definition) is 0. The molecule has 0 atom stereocenters. The zero-order chi connectivity index (χ0) is 22.7. The van der Waals surface area contributed by atoms with E-state index in [-0.39, 0.29) is 11.6 Å².